The normalized spacial score (nSPS) is 22.3. The maximum atomic E-state index is 12.5. The summed E-state index contributed by atoms with van der Waals surface area (Å²) in [6.07, 6.45) is -1.57. The molecule has 4 nitrogen and oxygen atoms in total. The summed E-state index contributed by atoms with van der Waals surface area (Å²) in [5, 5.41) is 11.8. The second-order valence-electron chi connectivity index (χ2n) is 5.07. The molecule has 0 radical (unpaired) electrons. The molecule has 2 rings (SSSR count). The molecule has 1 saturated carbocycles. The van der Waals surface area contributed by atoms with E-state index in [1.807, 2.05) is 0 Å². The molecule has 2 atom stereocenters. The number of nitrogens with one attached hydrogen (secondary N) is 1. The monoisotopic (exact) mass is 322 g/mol. The Morgan fingerprint density at radius 2 is 2.19 bits per heavy atom. The number of nitrogens with zero attached hydrogens (tertiary/aromatic N) is 1. The highest BCUT2D eigenvalue weighted by Crippen LogP contribution is 2.34. The second-order valence-corrected chi connectivity index (χ2v) is 5.48. The van der Waals surface area contributed by atoms with E-state index in [1.165, 1.54) is 0 Å². The van der Waals surface area contributed by atoms with Gasteiger partial charge in [0.15, 0.2) is 0 Å². The Hall–Kier alpha value is -1.50. The highest BCUT2D eigenvalue weighted by molar-refractivity contribution is 6.32. The smallest absolute Gasteiger partial charge is 0.417 e. The van der Waals surface area contributed by atoms with E-state index in [4.69, 9.17) is 16.7 Å². The van der Waals surface area contributed by atoms with Gasteiger partial charge in [-0.25, -0.2) is 4.98 Å². The van der Waals surface area contributed by atoms with Crippen LogP contribution in [0.3, 0.4) is 0 Å². The summed E-state index contributed by atoms with van der Waals surface area (Å²) >= 11 is 5.78. The Kier molecular flexibility index (Phi) is 4.61. The van der Waals surface area contributed by atoms with E-state index in [2.05, 4.69) is 10.3 Å². The van der Waals surface area contributed by atoms with Crippen LogP contribution < -0.4 is 5.32 Å². The van der Waals surface area contributed by atoms with Crippen molar-refractivity contribution >= 4 is 23.4 Å². The van der Waals surface area contributed by atoms with Crippen LogP contribution in [0.2, 0.25) is 5.02 Å². The van der Waals surface area contributed by atoms with Crippen LogP contribution in [0.25, 0.3) is 0 Å². The molecule has 2 unspecified atom stereocenters. The van der Waals surface area contributed by atoms with Crippen LogP contribution in [-0.2, 0) is 11.0 Å². The lowest BCUT2D eigenvalue weighted by atomic mass is 9.96. The fourth-order valence-corrected chi connectivity index (χ4v) is 2.79. The largest absolute Gasteiger partial charge is 0.481 e. The molecule has 1 aromatic heterocycles. The van der Waals surface area contributed by atoms with Gasteiger partial charge in [0.25, 0.3) is 0 Å². The van der Waals surface area contributed by atoms with Crippen molar-refractivity contribution in [2.45, 2.75) is 25.4 Å². The highest BCUT2D eigenvalue weighted by Gasteiger charge is 2.33. The summed E-state index contributed by atoms with van der Waals surface area (Å²) in [6.45, 7) is 0.328. The van der Waals surface area contributed by atoms with Gasteiger partial charge in [0.1, 0.15) is 5.82 Å². The summed E-state index contributed by atoms with van der Waals surface area (Å²) in [6, 6.07) is 0.806. The first-order valence-electron chi connectivity index (χ1n) is 6.48. The van der Waals surface area contributed by atoms with Crippen molar-refractivity contribution in [2.75, 3.05) is 11.9 Å². The van der Waals surface area contributed by atoms with Gasteiger partial charge >= 0.3 is 12.1 Å². The molecule has 1 heterocycles. The molecule has 1 aliphatic carbocycles. The first-order valence-corrected chi connectivity index (χ1v) is 6.86. The van der Waals surface area contributed by atoms with Crippen LogP contribution in [0.5, 0.6) is 0 Å². The molecule has 1 fully saturated rings. The van der Waals surface area contributed by atoms with Crippen LogP contribution in [0.1, 0.15) is 24.8 Å². The minimum Gasteiger partial charge on any atom is -0.481 e. The van der Waals surface area contributed by atoms with Crippen molar-refractivity contribution in [1.82, 2.24) is 4.98 Å². The number of hydrogen-bond donors (Lipinski definition) is 2. The number of carboxylic acid groups (broad SMARTS) is 1. The van der Waals surface area contributed by atoms with Gasteiger partial charge in [0.2, 0.25) is 0 Å². The van der Waals surface area contributed by atoms with Crippen molar-refractivity contribution in [1.29, 1.82) is 0 Å². The zero-order valence-corrected chi connectivity index (χ0v) is 11.7. The van der Waals surface area contributed by atoms with Gasteiger partial charge in [-0.2, -0.15) is 13.2 Å². The molecule has 2 N–H and O–H groups in total. The lowest BCUT2D eigenvalue weighted by Crippen LogP contribution is -2.24. The fourth-order valence-electron chi connectivity index (χ4n) is 2.56. The summed E-state index contributed by atoms with van der Waals surface area (Å²) in [4.78, 5) is 14.7. The van der Waals surface area contributed by atoms with E-state index in [-0.39, 0.29) is 16.8 Å². The molecular weight excluding hydrogens is 309 g/mol. The highest BCUT2D eigenvalue weighted by atomic mass is 35.5. The zero-order valence-electron chi connectivity index (χ0n) is 11.0. The van der Waals surface area contributed by atoms with Gasteiger partial charge in [0, 0.05) is 12.7 Å². The summed E-state index contributed by atoms with van der Waals surface area (Å²) in [5.41, 5.74) is -0.915. The molecule has 1 aromatic rings. The minimum atomic E-state index is -4.49. The number of anilines is 1. The van der Waals surface area contributed by atoms with E-state index >= 15 is 0 Å². The second kappa shape index (κ2) is 6.09. The van der Waals surface area contributed by atoms with E-state index in [1.54, 1.807) is 0 Å². The minimum absolute atomic E-state index is 0.0670. The lowest BCUT2D eigenvalue weighted by Gasteiger charge is -2.17. The van der Waals surface area contributed by atoms with E-state index in [0.717, 1.165) is 18.9 Å². The molecule has 21 heavy (non-hydrogen) atoms. The standard InChI is InChI=1S/C13H14ClF3N2O2/c14-10-4-8(13(15,16)17)6-19-11(10)18-5-7-2-1-3-9(7)12(20)21/h4,6-7,9H,1-3,5H2,(H,18,19)(H,20,21). The van der Waals surface area contributed by atoms with Crippen LogP contribution in [0, 0.1) is 11.8 Å². The Bertz CT molecular complexity index is 537. The predicted octanol–water partition coefficient (Wildman–Crippen LogP) is 3.67. The summed E-state index contributed by atoms with van der Waals surface area (Å²) in [5.74, 6) is -1.19. The average molecular weight is 323 g/mol. The maximum absolute atomic E-state index is 12.5. The summed E-state index contributed by atoms with van der Waals surface area (Å²) < 4.78 is 37.5. The number of aliphatic carboxylic acids is 1. The SMILES string of the molecule is O=C(O)C1CCCC1CNc1ncc(C(F)(F)F)cc1Cl. The van der Waals surface area contributed by atoms with Crippen LogP contribution in [0.15, 0.2) is 12.3 Å². The van der Waals surface area contributed by atoms with Crippen LogP contribution >= 0.6 is 11.6 Å². The number of carboxylic acids is 1. The Morgan fingerprint density at radius 3 is 2.76 bits per heavy atom. The Morgan fingerprint density at radius 1 is 1.48 bits per heavy atom. The lowest BCUT2D eigenvalue weighted by molar-refractivity contribution is -0.142. The molecule has 116 valence electrons. The number of hydrogen-bond acceptors (Lipinski definition) is 3. The Labute approximate surface area is 124 Å². The quantitative estimate of drug-likeness (QED) is 0.888. The van der Waals surface area contributed by atoms with Gasteiger partial charge < -0.3 is 10.4 Å². The molecule has 0 spiro atoms. The van der Waals surface area contributed by atoms with Crippen molar-refractivity contribution in [2.24, 2.45) is 11.8 Å². The van der Waals surface area contributed by atoms with E-state index in [9.17, 15) is 18.0 Å². The van der Waals surface area contributed by atoms with Gasteiger partial charge in [0.05, 0.1) is 16.5 Å². The zero-order chi connectivity index (χ0) is 15.6. The molecule has 0 aliphatic heterocycles. The molecular formula is C13H14ClF3N2O2. The predicted molar refractivity (Wildman–Crippen MR) is 71.2 cm³/mol. The average Bonchev–Trinajstić information content (AvgIpc) is 2.84. The molecule has 8 heteroatoms. The molecule has 0 saturated heterocycles. The van der Waals surface area contributed by atoms with Crippen molar-refractivity contribution in [3.05, 3.63) is 22.8 Å². The molecule has 0 aromatic carbocycles. The topological polar surface area (TPSA) is 62.2 Å². The van der Waals surface area contributed by atoms with Gasteiger partial charge in [-0.3, -0.25) is 4.79 Å². The van der Waals surface area contributed by atoms with Crippen LogP contribution in [0.4, 0.5) is 19.0 Å². The molecule has 0 amide bonds. The number of halogens is 4. The fraction of sp³-hybridized carbons (Fsp3) is 0.538. The van der Waals surface area contributed by atoms with Gasteiger partial charge in [-0.05, 0) is 24.8 Å². The maximum Gasteiger partial charge on any atom is 0.417 e. The summed E-state index contributed by atoms with van der Waals surface area (Å²) in [7, 11) is 0. The van der Waals surface area contributed by atoms with Crippen LogP contribution in [-0.4, -0.2) is 22.6 Å². The van der Waals surface area contributed by atoms with Crippen molar-refractivity contribution in [3.63, 3.8) is 0 Å². The number of alkyl halides is 3. The van der Waals surface area contributed by atoms with E-state index < -0.39 is 23.6 Å². The third-order valence-electron chi connectivity index (χ3n) is 3.68. The molecule has 0 bridgehead atoms. The molecule has 1 aliphatic rings. The third kappa shape index (κ3) is 3.78. The number of pyridine rings is 1. The van der Waals surface area contributed by atoms with Gasteiger partial charge in [-0.1, -0.05) is 18.0 Å². The number of carbonyl (C=O) groups is 1. The Balaban J connectivity index is 2.02. The van der Waals surface area contributed by atoms with Gasteiger partial charge in [-0.15, -0.1) is 0 Å². The number of aromatic nitrogens is 1. The third-order valence-corrected chi connectivity index (χ3v) is 3.96. The number of rotatable bonds is 4. The first-order chi connectivity index (χ1) is 9.79. The van der Waals surface area contributed by atoms with E-state index in [0.29, 0.717) is 19.2 Å². The van der Waals surface area contributed by atoms with Crippen molar-refractivity contribution < 1.29 is 23.1 Å². The first kappa shape index (κ1) is 15.9. The van der Waals surface area contributed by atoms with Crippen molar-refractivity contribution in [3.8, 4) is 0 Å².